The van der Waals surface area contributed by atoms with E-state index in [1.54, 1.807) is 0 Å². The number of unbranched alkanes of at least 4 members (excludes halogenated alkanes) is 3. The molecule has 0 radical (unpaired) electrons. The van der Waals surface area contributed by atoms with Gasteiger partial charge in [0.15, 0.2) is 0 Å². The van der Waals surface area contributed by atoms with Gasteiger partial charge in [0.05, 0.1) is 79.1 Å². The Morgan fingerprint density at radius 3 is 1.28 bits per heavy atom. The van der Waals surface area contributed by atoms with E-state index in [1.165, 1.54) is 23.7 Å². The average Bonchev–Trinajstić information content (AvgIpc) is 2.93. The lowest BCUT2D eigenvalue weighted by Gasteiger charge is -2.09. The van der Waals surface area contributed by atoms with Crippen LogP contribution in [0.5, 0.6) is 5.75 Å². The molecule has 0 unspecified atom stereocenters. The SMILES string of the molecule is O=C(CCOCCOCCOCCOCCOCCOCCCCCCI)Oc1c(F)c(F)c(F)c(F)c1F. The first-order chi connectivity index (χ1) is 18.9. The molecule has 0 N–H and O–H groups in total. The van der Waals surface area contributed by atoms with E-state index in [1.807, 2.05) is 0 Å². The van der Waals surface area contributed by atoms with E-state index in [0.29, 0.717) is 52.9 Å². The molecule has 1 aromatic rings. The van der Waals surface area contributed by atoms with Gasteiger partial charge in [-0.05, 0) is 17.3 Å². The van der Waals surface area contributed by atoms with Crippen molar-refractivity contribution in [3.8, 4) is 5.75 Å². The van der Waals surface area contributed by atoms with E-state index < -0.39 is 47.2 Å². The molecular formula is C25H36F5IO8. The lowest BCUT2D eigenvalue weighted by atomic mass is 10.2. The summed E-state index contributed by atoms with van der Waals surface area (Å²) in [6.07, 6.45) is 4.33. The molecule has 0 fully saturated rings. The highest BCUT2D eigenvalue weighted by molar-refractivity contribution is 14.1. The van der Waals surface area contributed by atoms with Gasteiger partial charge in [0, 0.05) is 6.61 Å². The standard InChI is InChI=1S/C25H36F5IO8/c26-20-21(27)23(29)25(24(30)22(20)28)39-19(32)5-8-34-10-12-36-14-16-38-18-17-37-15-13-35-11-9-33-7-4-2-1-3-6-31/h1-18H2. The Hall–Kier alpha value is -1.17. The molecule has 0 aliphatic rings. The van der Waals surface area contributed by atoms with Crippen LogP contribution in [0.15, 0.2) is 0 Å². The van der Waals surface area contributed by atoms with Gasteiger partial charge in [0.25, 0.3) is 0 Å². The maximum Gasteiger partial charge on any atom is 0.313 e. The summed E-state index contributed by atoms with van der Waals surface area (Å²) < 4.78 is 104. The largest absolute Gasteiger partial charge is 0.420 e. The summed E-state index contributed by atoms with van der Waals surface area (Å²) in [5.41, 5.74) is 0. The van der Waals surface area contributed by atoms with Crippen LogP contribution in [0.2, 0.25) is 0 Å². The molecule has 0 aliphatic heterocycles. The van der Waals surface area contributed by atoms with E-state index >= 15 is 0 Å². The molecule has 0 atom stereocenters. The summed E-state index contributed by atoms with van der Waals surface area (Å²) in [6, 6.07) is 0. The van der Waals surface area contributed by atoms with Crippen LogP contribution in [-0.2, 0) is 33.2 Å². The number of alkyl halides is 1. The molecule has 1 rings (SSSR count). The van der Waals surface area contributed by atoms with Crippen LogP contribution in [0.3, 0.4) is 0 Å². The number of rotatable bonds is 25. The third-order valence-corrected chi connectivity index (χ3v) is 5.63. The number of benzene rings is 1. The Morgan fingerprint density at radius 2 is 0.846 bits per heavy atom. The minimum Gasteiger partial charge on any atom is -0.420 e. The van der Waals surface area contributed by atoms with Crippen LogP contribution in [0.25, 0.3) is 0 Å². The van der Waals surface area contributed by atoms with Crippen molar-refractivity contribution in [2.75, 3.05) is 83.7 Å². The van der Waals surface area contributed by atoms with Crippen molar-refractivity contribution in [3.05, 3.63) is 29.1 Å². The number of carbonyl (C=O) groups excluding carboxylic acids is 1. The van der Waals surface area contributed by atoms with E-state index in [9.17, 15) is 26.7 Å². The molecule has 0 amide bonds. The lowest BCUT2D eigenvalue weighted by molar-refractivity contribution is -0.136. The normalized spacial score (nSPS) is 11.3. The first-order valence-electron chi connectivity index (χ1n) is 12.6. The first-order valence-corrected chi connectivity index (χ1v) is 14.2. The van der Waals surface area contributed by atoms with Gasteiger partial charge in [-0.2, -0.15) is 8.78 Å². The molecule has 0 heterocycles. The minimum atomic E-state index is -2.34. The Balaban J connectivity index is 1.86. The summed E-state index contributed by atoms with van der Waals surface area (Å²) in [6.45, 7) is 4.36. The Kier molecular flexibility index (Phi) is 21.6. The Labute approximate surface area is 238 Å². The molecule has 226 valence electrons. The molecule has 0 aromatic heterocycles. The van der Waals surface area contributed by atoms with E-state index in [4.69, 9.17) is 28.4 Å². The maximum atomic E-state index is 13.5. The van der Waals surface area contributed by atoms with Crippen molar-refractivity contribution in [1.82, 2.24) is 0 Å². The van der Waals surface area contributed by atoms with Crippen molar-refractivity contribution < 1.29 is 59.9 Å². The number of hydrogen-bond donors (Lipinski definition) is 0. The Morgan fingerprint density at radius 1 is 0.487 bits per heavy atom. The van der Waals surface area contributed by atoms with Gasteiger partial charge in [-0.3, -0.25) is 4.79 Å². The van der Waals surface area contributed by atoms with Crippen LogP contribution >= 0.6 is 22.6 Å². The van der Waals surface area contributed by atoms with Crippen LogP contribution in [0.4, 0.5) is 22.0 Å². The van der Waals surface area contributed by atoms with Gasteiger partial charge >= 0.3 is 5.97 Å². The second kappa shape index (κ2) is 23.5. The maximum absolute atomic E-state index is 13.5. The van der Waals surface area contributed by atoms with Gasteiger partial charge < -0.3 is 33.2 Å². The minimum absolute atomic E-state index is 0.0999. The van der Waals surface area contributed by atoms with E-state index in [2.05, 4.69) is 27.3 Å². The molecule has 0 spiro atoms. The number of hydrogen-bond acceptors (Lipinski definition) is 8. The Bertz CT molecular complexity index is 777. The zero-order valence-corrected chi connectivity index (χ0v) is 23.9. The number of esters is 1. The lowest BCUT2D eigenvalue weighted by Crippen LogP contribution is -2.16. The highest BCUT2D eigenvalue weighted by atomic mass is 127. The zero-order chi connectivity index (χ0) is 28.7. The first kappa shape index (κ1) is 35.9. The number of carbonyl (C=O) groups is 1. The summed E-state index contributed by atoms with van der Waals surface area (Å²) in [7, 11) is 0. The van der Waals surface area contributed by atoms with Gasteiger partial charge in [-0.1, -0.05) is 35.4 Å². The molecule has 39 heavy (non-hydrogen) atoms. The van der Waals surface area contributed by atoms with Gasteiger partial charge in [-0.25, -0.2) is 13.2 Å². The van der Waals surface area contributed by atoms with Crippen molar-refractivity contribution in [2.45, 2.75) is 32.1 Å². The fourth-order valence-electron chi connectivity index (χ4n) is 2.85. The van der Waals surface area contributed by atoms with Crippen LogP contribution in [0, 0.1) is 29.1 Å². The summed E-state index contributed by atoms with van der Waals surface area (Å²) in [5, 5.41) is 0. The van der Waals surface area contributed by atoms with Crippen molar-refractivity contribution >= 4 is 28.6 Å². The molecule has 14 heteroatoms. The van der Waals surface area contributed by atoms with Crippen molar-refractivity contribution in [3.63, 3.8) is 0 Å². The fraction of sp³-hybridized carbons (Fsp3) is 0.720. The third-order valence-electron chi connectivity index (χ3n) is 4.87. The molecule has 0 bridgehead atoms. The second-order valence-electron chi connectivity index (χ2n) is 7.90. The zero-order valence-electron chi connectivity index (χ0n) is 21.8. The molecule has 1 aromatic carbocycles. The van der Waals surface area contributed by atoms with Gasteiger partial charge in [0.1, 0.15) is 0 Å². The smallest absolute Gasteiger partial charge is 0.313 e. The van der Waals surface area contributed by atoms with Crippen LogP contribution < -0.4 is 4.74 Å². The van der Waals surface area contributed by atoms with Crippen LogP contribution in [0.1, 0.15) is 32.1 Å². The fourth-order valence-corrected chi connectivity index (χ4v) is 3.39. The van der Waals surface area contributed by atoms with Crippen molar-refractivity contribution in [2.24, 2.45) is 0 Å². The topological polar surface area (TPSA) is 81.7 Å². The molecular weight excluding hydrogens is 650 g/mol. The monoisotopic (exact) mass is 686 g/mol. The van der Waals surface area contributed by atoms with Crippen LogP contribution in [-0.4, -0.2) is 89.7 Å². The predicted molar refractivity (Wildman–Crippen MR) is 139 cm³/mol. The van der Waals surface area contributed by atoms with E-state index in [0.717, 1.165) is 13.0 Å². The number of ether oxygens (including phenoxy) is 7. The second-order valence-corrected chi connectivity index (χ2v) is 8.98. The predicted octanol–water partition coefficient (Wildman–Crippen LogP) is 4.77. The third kappa shape index (κ3) is 16.6. The molecule has 8 nitrogen and oxygen atoms in total. The number of halogens is 6. The average molecular weight is 686 g/mol. The summed E-state index contributed by atoms with van der Waals surface area (Å²) in [4.78, 5) is 11.6. The molecule has 0 saturated carbocycles. The molecule has 0 saturated heterocycles. The van der Waals surface area contributed by atoms with Gasteiger partial charge in [0.2, 0.25) is 34.8 Å². The highest BCUT2D eigenvalue weighted by Crippen LogP contribution is 2.29. The summed E-state index contributed by atoms with van der Waals surface area (Å²) >= 11 is 2.39. The quantitative estimate of drug-likeness (QED) is 0.0213. The highest BCUT2D eigenvalue weighted by Gasteiger charge is 2.28. The summed E-state index contributed by atoms with van der Waals surface area (Å²) in [5.74, 6) is -14.1. The molecule has 0 aliphatic carbocycles. The van der Waals surface area contributed by atoms with Gasteiger partial charge in [-0.15, -0.1) is 0 Å². The van der Waals surface area contributed by atoms with E-state index in [-0.39, 0.29) is 19.8 Å². The van der Waals surface area contributed by atoms with Crippen molar-refractivity contribution in [1.29, 1.82) is 0 Å².